The highest BCUT2D eigenvalue weighted by molar-refractivity contribution is 5.83. The number of hydrogen-bond acceptors (Lipinski definition) is 4. The van der Waals surface area contributed by atoms with E-state index in [9.17, 15) is 9.59 Å². The summed E-state index contributed by atoms with van der Waals surface area (Å²) in [5.74, 6) is -0.975. The van der Waals surface area contributed by atoms with Crippen LogP contribution in [0.5, 0.6) is 0 Å². The van der Waals surface area contributed by atoms with E-state index in [1.807, 2.05) is 30.5 Å². The summed E-state index contributed by atoms with van der Waals surface area (Å²) in [7, 11) is 0. The van der Waals surface area contributed by atoms with Crippen LogP contribution < -0.4 is 11.1 Å². The van der Waals surface area contributed by atoms with Crippen LogP contribution in [-0.4, -0.2) is 41.0 Å². The number of H-pyrrole nitrogens is 1. The number of para-hydroxylation sites is 1. The Kier molecular flexibility index (Phi) is 5.08. The molecule has 0 radical (unpaired) electrons. The Morgan fingerprint density at radius 3 is 2.90 bits per heavy atom. The highest BCUT2D eigenvalue weighted by Gasteiger charge is 2.19. The number of carbonyl (C=O) groups excluding carboxylic acids is 1. The lowest BCUT2D eigenvalue weighted by Crippen LogP contribution is -2.47. The Morgan fingerprint density at radius 2 is 2.19 bits per heavy atom. The quantitative estimate of drug-likeness (QED) is 0.534. The fourth-order valence-corrected chi connectivity index (χ4v) is 2.36. The largest absolute Gasteiger partial charge is 0.481 e. The van der Waals surface area contributed by atoms with Gasteiger partial charge in [0.15, 0.2) is 0 Å². The molecular formula is C15H19N3O3. The number of aliphatic carboxylic acids is 1. The number of hydrogen-bond donors (Lipinski definition) is 4. The molecule has 0 spiro atoms. The molecule has 5 N–H and O–H groups in total. The molecule has 2 aromatic rings. The van der Waals surface area contributed by atoms with Crippen molar-refractivity contribution in [3.8, 4) is 0 Å². The van der Waals surface area contributed by atoms with Crippen LogP contribution >= 0.6 is 0 Å². The van der Waals surface area contributed by atoms with Crippen molar-refractivity contribution in [1.29, 1.82) is 0 Å². The van der Waals surface area contributed by atoms with Crippen molar-refractivity contribution in [3.05, 3.63) is 36.0 Å². The topological polar surface area (TPSA) is 108 Å². The van der Waals surface area contributed by atoms with Gasteiger partial charge < -0.3 is 25.9 Å². The SMILES string of the molecule is N[C@@H](C=O)C(CC(=O)O)NCCc1c[nH]c2ccccc12. The van der Waals surface area contributed by atoms with Gasteiger partial charge >= 0.3 is 5.97 Å². The molecule has 6 heteroatoms. The molecule has 1 unspecified atom stereocenters. The van der Waals surface area contributed by atoms with Crippen LogP contribution in [-0.2, 0) is 16.0 Å². The average molecular weight is 289 g/mol. The first-order valence-corrected chi connectivity index (χ1v) is 6.83. The van der Waals surface area contributed by atoms with E-state index in [0.717, 1.165) is 22.9 Å². The Hall–Kier alpha value is -2.18. The minimum absolute atomic E-state index is 0.173. The first kappa shape index (κ1) is 15.2. The minimum Gasteiger partial charge on any atom is -0.481 e. The number of benzene rings is 1. The van der Waals surface area contributed by atoms with Gasteiger partial charge in [-0.05, 0) is 24.6 Å². The zero-order valence-corrected chi connectivity index (χ0v) is 11.6. The average Bonchev–Trinajstić information content (AvgIpc) is 2.88. The predicted molar refractivity (Wildman–Crippen MR) is 80.1 cm³/mol. The number of fused-ring (bicyclic) bond motifs is 1. The van der Waals surface area contributed by atoms with Gasteiger partial charge in [0, 0.05) is 23.1 Å². The molecule has 1 heterocycles. The number of aromatic amines is 1. The molecule has 0 aliphatic carbocycles. The lowest BCUT2D eigenvalue weighted by Gasteiger charge is -2.19. The van der Waals surface area contributed by atoms with Gasteiger partial charge in [0.1, 0.15) is 6.29 Å². The van der Waals surface area contributed by atoms with E-state index in [0.29, 0.717) is 12.8 Å². The predicted octanol–water partition coefficient (Wildman–Crippen LogP) is 0.670. The molecule has 0 bridgehead atoms. The lowest BCUT2D eigenvalue weighted by molar-refractivity contribution is -0.137. The first-order chi connectivity index (χ1) is 10.1. The second-order valence-electron chi connectivity index (χ2n) is 4.98. The van der Waals surface area contributed by atoms with Crippen molar-refractivity contribution in [1.82, 2.24) is 10.3 Å². The fourth-order valence-electron chi connectivity index (χ4n) is 2.36. The molecule has 1 aromatic heterocycles. The summed E-state index contributed by atoms with van der Waals surface area (Å²) in [4.78, 5) is 24.7. The van der Waals surface area contributed by atoms with Crippen LogP contribution in [0.25, 0.3) is 10.9 Å². The Bertz CT molecular complexity index is 623. The highest BCUT2D eigenvalue weighted by atomic mass is 16.4. The number of rotatable bonds is 8. The summed E-state index contributed by atoms with van der Waals surface area (Å²) in [6.45, 7) is 0.557. The number of aromatic nitrogens is 1. The summed E-state index contributed by atoms with van der Waals surface area (Å²) in [6, 6.07) is 6.61. The maximum absolute atomic E-state index is 10.8. The Labute approximate surface area is 122 Å². The summed E-state index contributed by atoms with van der Waals surface area (Å²) < 4.78 is 0. The molecule has 112 valence electrons. The molecule has 0 saturated carbocycles. The lowest BCUT2D eigenvalue weighted by atomic mass is 10.1. The summed E-state index contributed by atoms with van der Waals surface area (Å²) in [5, 5.41) is 13.0. The second-order valence-corrected chi connectivity index (χ2v) is 4.98. The number of aldehydes is 1. The van der Waals surface area contributed by atoms with Gasteiger partial charge in [-0.25, -0.2) is 0 Å². The monoisotopic (exact) mass is 289 g/mol. The molecule has 0 saturated heterocycles. The van der Waals surface area contributed by atoms with E-state index >= 15 is 0 Å². The van der Waals surface area contributed by atoms with Crippen molar-refractivity contribution in [2.45, 2.75) is 24.9 Å². The molecule has 6 nitrogen and oxygen atoms in total. The molecule has 2 rings (SSSR count). The number of nitrogens with two attached hydrogens (primary N) is 1. The highest BCUT2D eigenvalue weighted by Crippen LogP contribution is 2.17. The van der Waals surface area contributed by atoms with Gasteiger partial charge in [-0.2, -0.15) is 0 Å². The molecular weight excluding hydrogens is 270 g/mol. The maximum Gasteiger partial charge on any atom is 0.305 e. The zero-order chi connectivity index (χ0) is 15.2. The third kappa shape index (κ3) is 3.90. The third-order valence-corrected chi connectivity index (χ3v) is 3.49. The zero-order valence-electron chi connectivity index (χ0n) is 11.6. The summed E-state index contributed by atoms with van der Waals surface area (Å²) >= 11 is 0. The van der Waals surface area contributed by atoms with Crippen LogP contribution in [0, 0.1) is 0 Å². The maximum atomic E-state index is 10.8. The van der Waals surface area contributed by atoms with Crippen molar-refractivity contribution in [2.75, 3.05) is 6.54 Å². The van der Waals surface area contributed by atoms with E-state index in [-0.39, 0.29) is 6.42 Å². The van der Waals surface area contributed by atoms with E-state index < -0.39 is 18.1 Å². The molecule has 21 heavy (non-hydrogen) atoms. The molecule has 0 aliphatic heterocycles. The molecule has 0 fully saturated rings. The Morgan fingerprint density at radius 1 is 1.43 bits per heavy atom. The van der Waals surface area contributed by atoms with E-state index in [4.69, 9.17) is 10.8 Å². The van der Waals surface area contributed by atoms with Crippen LogP contribution in [0.1, 0.15) is 12.0 Å². The number of carboxylic acid groups (broad SMARTS) is 1. The normalized spacial score (nSPS) is 14.0. The van der Waals surface area contributed by atoms with E-state index in [1.54, 1.807) is 0 Å². The molecule has 0 aliphatic rings. The van der Waals surface area contributed by atoms with Gasteiger partial charge in [0.2, 0.25) is 0 Å². The first-order valence-electron chi connectivity index (χ1n) is 6.83. The number of nitrogens with one attached hydrogen (secondary N) is 2. The fraction of sp³-hybridized carbons (Fsp3) is 0.333. The Balaban J connectivity index is 1.95. The molecule has 0 amide bonds. The second kappa shape index (κ2) is 7.01. The minimum atomic E-state index is -0.975. The van der Waals surface area contributed by atoms with Crippen LogP contribution in [0.2, 0.25) is 0 Å². The standard InChI is InChI=1S/C15H19N3O3/c16-12(9-19)14(7-15(20)21)17-6-5-10-8-18-13-4-2-1-3-11(10)13/h1-4,8-9,12,14,17-18H,5-7,16H2,(H,20,21)/t12-,14?/m0/s1. The smallest absolute Gasteiger partial charge is 0.305 e. The van der Waals surface area contributed by atoms with Crippen molar-refractivity contribution in [2.24, 2.45) is 5.73 Å². The number of carbonyl (C=O) groups is 2. The summed E-state index contributed by atoms with van der Waals surface area (Å²) in [6.07, 6.45) is 3.07. The molecule has 1 aromatic carbocycles. The van der Waals surface area contributed by atoms with Crippen molar-refractivity contribution >= 4 is 23.2 Å². The van der Waals surface area contributed by atoms with Gasteiger partial charge in [-0.3, -0.25) is 4.79 Å². The van der Waals surface area contributed by atoms with Crippen LogP contribution in [0.4, 0.5) is 0 Å². The van der Waals surface area contributed by atoms with Crippen molar-refractivity contribution in [3.63, 3.8) is 0 Å². The van der Waals surface area contributed by atoms with Crippen LogP contribution in [0.15, 0.2) is 30.5 Å². The van der Waals surface area contributed by atoms with Gasteiger partial charge in [0.25, 0.3) is 0 Å². The third-order valence-electron chi connectivity index (χ3n) is 3.49. The van der Waals surface area contributed by atoms with Crippen molar-refractivity contribution < 1.29 is 14.7 Å². The van der Waals surface area contributed by atoms with Gasteiger partial charge in [-0.15, -0.1) is 0 Å². The summed E-state index contributed by atoms with van der Waals surface area (Å²) in [5.41, 5.74) is 7.83. The number of carboxylic acids is 1. The van der Waals surface area contributed by atoms with Crippen LogP contribution in [0.3, 0.4) is 0 Å². The van der Waals surface area contributed by atoms with Gasteiger partial charge in [0.05, 0.1) is 12.5 Å². The van der Waals surface area contributed by atoms with E-state index in [2.05, 4.69) is 10.3 Å². The molecule has 2 atom stereocenters. The van der Waals surface area contributed by atoms with E-state index in [1.165, 1.54) is 0 Å². The van der Waals surface area contributed by atoms with Gasteiger partial charge in [-0.1, -0.05) is 18.2 Å².